The van der Waals surface area contributed by atoms with E-state index in [-0.39, 0.29) is 37.2 Å². The second-order valence-corrected chi connectivity index (χ2v) is 22.4. The van der Waals surface area contributed by atoms with Crippen molar-refractivity contribution < 1.29 is 86.8 Å². The van der Waals surface area contributed by atoms with Crippen molar-refractivity contribution in [1.82, 2.24) is 5.32 Å². The van der Waals surface area contributed by atoms with E-state index in [1.165, 1.54) is 21.1 Å². The molecule has 1 heterocycles. The maximum Gasteiger partial charge on any atom is 0.408 e. The Labute approximate surface area is 460 Å². The summed E-state index contributed by atoms with van der Waals surface area (Å²) in [5.41, 5.74) is -2.42. The number of amides is 1. The summed E-state index contributed by atoms with van der Waals surface area (Å²) in [5, 5.41) is 39.0. The summed E-state index contributed by atoms with van der Waals surface area (Å²) >= 11 is 0. The van der Waals surface area contributed by atoms with Gasteiger partial charge in [-0.15, -0.1) is 0 Å². The molecule has 1 unspecified atom stereocenters. The van der Waals surface area contributed by atoms with E-state index in [0.717, 1.165) is 12.0 Å². The molecule has 430 valence electrons. The fraction of sp³-hybridized carbons (Fsp3) is 0.542. The number of esters is 4. The number of carboxylic acid groups (broad SMARTS) is 1. The summed E-state index contributed by atoms with van der Waals surface area (Å²) in [7, 11) is 2.78. The van der Waals surface area contributed by atoms with Crippen molar-refractivity contribution in [2.75, 3.05) is 20.8 Å². The van der Waals surface area contributed by atoms with E-state index in [2.05, 4.69) is 5.32 Å². The molecule has 79 heavy (non-hydrogen) atoms. The molecule has 20 nitrogen and oxygen atoms in total. The van der Waals surface area contributed by atoms with Gasteiger partial charge in [0.2, 0.25) is 0 Å². The zero-order valence-electron chi connectivity index (χ0n) is 46.7. The lowest BCUT2D eigenvalue weighted by molar-refractivity contribution is -0.347. The van der Waals surface area contributed by atoms with Crippen molar-refractivity contribution in [3.8, 4) is 0 Å². The molecule has 3 fully saturated rings. The molecular weight excluding hydrogens is 1020 g/mol. The number of benzene rings is 3. The molecule has 5 N–H and O–H groups in total. The average Bonchev–Trinajstić information content (AvgIpc) is 3.31. The van der Waals surface area contributed by atoms with Crippen LogP contribution in [0.2, 0.25) is 0 Å². The third kappa shape index (κ3) is 12.3. The number of alkyl carbamates (subject to hydrolysis) is 1. The molecule has 3 aromatic rings. The number of carbonyl (C=O) groups is 7. The molecule has 12 atom stereocenters. The van der Waals surface area contributed by atoms with Crippen LogP contribution in [0.1, 0.15) is 122 Å². The molecule has 1 amide bonds. The number of Topliss-reactive ketones (excluding diaryl/α,β-unsaturated/α-hetero) is 1. The van der Waals surface area contributed by atoms with Gasteiger partial charge in [0.25, 0.3) is 0 Å². The van der Waals surface area contributed by atoms with Gasteiger partial charge >= 0.3 is 30.0 Å². The highest BCUT2D eigenvalue weighted by molar-refractivity contribution is 6.03. The largest absolute Gasteiger partial charge is 0.547 e. The SMILES string of the molecule is CCCCC(N)(C(=O)[O-])C(=O)OCc1ccccc1.CO[C@H]1C(=O)[C@]2(C)[C@@H](OC)C[C@H]3OC[C@@]3(OC(C)=O)[C@H]2[C@H](OC(=O)c2ccccc2)[C@]2(O)C[C@H](OC(=O)[C@H](O)[C@@H](NC(=O)OC(C)(C)C)c3ccccc3)C(C)=C1C2(C)C. The third-order valence-corrected chi connectivity index (χ3v) is 15.9. The first kappa shape index (κ1) is 61.7. The van der Waals surface area contributed by atoms with Gasteiger partial charge in [0.15, 0.2) is 23.0 Å². The molecule has 2 bridgehead atoms. The van der Waals surface area contributed by atoms with E-state index in [9.17, 15) is 44.1 Å². The molecule has 4 aliphatic rings. The maximum atomic E-state index is 15.5. The molecule has 1 aliphatic heterocycles. The summed E-state index contributed by atoms with van der Waals surface area (Å²) in [6.45, 7) is 14.6. The molecule has 7 rings (SSSR count). The minimum Gasteiger partial charge on any atom is -0.547 e. The van der Waals surface area contributed by atoms with E-state index >= 15 is 4.79 Å². The number of aliphatic hydroxyl groups is 2. The van der Waals surface area contributed by atoms with Crippen LogP contribution in [0.5, 0.6) is 0 Å². The maximum absolute atomic E-state index is 15.5. The second kappa shape index (κ2) is 24.4. The van der Waals surface area contributed by atoms with Gasteiger partial charge in [0, 0.05) is 39.4 Å². The van der Waals surface area contributed by atoms with E-state index in [0.29, 0.717) is 17.6 Å². The van der Waals surface area contributed by atoms with Crippen LogP contribution >= 0.6 is 0 Å². The van der Waals surface area contributed by atoms with Gasteiger partial charge < -0.3 is 69.1 Å². The third-order valence-electron chi connectivity index (χ3n) is 15.9. The zero-order chi connectivity index (χ0) is 58.5. The van der Waals surface area contributed by atoms with Gasteiger partial charge in [-0.3, -0.25) is 9.59 Å². The fourth-order valence-electron chi connectivity index (χ4n) is 11.7. The Morgan fingerprint density at radius 2 is 1.49 bits per heavy atom. The summed E-state index contributed by atoms with van der Waals surface area (Å²) in [6, 6.07) is 24.0. The molecule has 1 saturated heterocycles. The van der Waals surface area contributed by atoms with Crippen molar-refractivity contribution in [1.29, 1.82) is 0 Å². The normalized spacial score (nSPS) is 28.3. The first-order valence-corrected chi connectivity index (χ1v) is 26.3. The van der Waals surface area contributed by atoms with Gasteiger partial charge in [-0.2, -0.15) is 0 Å². The fourth-order valence-corrected chi connectivity index (χ4v) is 11.7. The van der Waals surface area contributed by atoms with Crippen LogP contribution < -0.4 is 16.2 Å². The topological polar surface area (TPSA) is 295 Å². The van der Waals surface area contributed by atoms with Gasteiger partial charge in [-0.05, 0) is 75.4 Å². The minimum absolute atomic E-state index is 0.00196. The number of rotatable bonds is 17. The lowest BCUT2D eigenvalue weighted by Crippen LogP contribution is -2.82. The van der Waals surface area contributed by atoms with Crippen LogP contribution in [0, 0.1) is 16.7 Å². The minimum atomic E-state index is -2.22. The Kier molecular flexibility index (Phi) is 19.1. The number of ketones is 1. The van der Waals surface area contributed by atoms with Crippen molar-refractivity contribution in [2.45, 2.75) is 166 Å². The Balaban J connectivity index is 0.000000449. The quantitative estimate of drug-likeness (QED) is 0.0603. The zero-order valence-corrected chi connectivity index (χ0v) is 46.7. The van der Waals surface area contributed by atoms with Gasteiger partial charge in [-0.1, -0.05) is 112 Å². The molecule has 2 saturated carbocycles. The van der Waals surface area contributed by atoms with Crippen LogP contribution in [0.3, 0.4) is 0 Å². The Morgan fingerprint density at radius 1 is 0.899 bits per heavy atom. The number of nitrogens with one attached hydrogen (secondary N) is 1. The number of methoxy groups -OCH3 is 2. The van der Waals surface area contributed by atoms with E-state index < -0.39 is 130 Å². The summed E-state index contributed by atoms with van der Waals surface area (Å²) in [5.74, 6) is -7.08. The molecular formula is C59H75N2O18-. The average molecular weight is 1100 g/mol. The van der Waals surface area contributed by atoms with Crippen molar-refractivity contribution >= 4 is 41.7 Å². The number of hydrogen-bond acceptors (Lipinski definition) is 19. The number of carbonyl (C=O) groups excluding carboxylic acids is 7. The van der Waals surface area contributed by atoms with Crippen LogP contribution in [-0.2, 0) is 68.5 Å². The smallest absolute Gasteiger partial charge is 0.408 e. The lowest BCUT2D eigenvalue weighted by Gasteiger charge is -2.67. The monoisotopic (exact) mass is 1100 g/mol. The highest BCUT2D eigenvalue weighted by atomic mass is 16.6. The summed E-state index contributed by atoms with van der Waals surface area (Å²) in [4.78, 5) is 93.0. The van der Waals surface area contributed by atoms with Crippen LogP contribution in [-0.4, -0.2) is 132 Å². The van der Waals surface area contributed by atoms with Crippen LogP contribution in [0.25, 0.3) is 0 Å². The highest BCUT2D eigenvalue weighted by Gasteiger charge is 2.78. The molecule has 0 radical (unpaired) electrons. The van der Waals surface area contributed by atoms with Gasteiger partial charge in [0.1, 0.15) is 42.2 Å². The molecule has 0 aromatic heterocycles. The van der Waals surface area contributed by atoms with Gasteiger partial charge in [0.05, 0.1) is 41.6 Å². The number of hydrogen-bond donors (Lipinski definition) is 4. The van der Waals surface area contributed by atoms with E-state index in [4.69, 9.17) is 43.6 Å². The first-order chi connectivity index (χ1) is 37.1. The summed E-state index contributed by atoms with van der Waals surface area (Å²) in [6.07, 6.45) is -8.05. The van der Waals surface area contributed by atoms with E-state index in [1.54, 1.807) is 133 Å². The standard InChI is InChI=1S/C45H57NO14.C14H19NO4/c1-24-28(57-39(51)33(48)32(26-17-13-11-14-18-26)46-40(52)60-41(3,4)5)22-45(53)37(58-38(50)27-19-15-12-16-20-27)35-43(8,36(49)34(55-10)31(24)42(45,6)7)29(54-9)21-30-44(35,23-56-30)59-25(2)47;1-2-3-9-14(15,12(16)17)13(18)19-10-11-7-5-4-6-8-11/h11-20,28-30,32-35,37,48,53H,21-23H2,1-10H3,(H,46,52);4-8H,2-3,9-10,15H2,1H3,(H,16,17)/p-1/t28-,29-,30+,32-,33+,34+,35-,37-,43+,44-,45+;/m0./s1. The predicted octanol–water partition coefficient (Wildman–Crippen LogP) is 4.94. The number of ether oxygens (including phenoxy) is 8. The predicted molar refractivity (Wildman–Crippen MR) is 281 cm³/mol. The Bertz CT molecular complexity index is 2730. The molecule has 0 spiro atoms. The van der Waals surface area contributed by atoms with Crippen LogP contribution in [0.15, 0.2) is 102 Å². The summed E-state index contributed by atoms with van der Waals surface area (Å²) < 4.78 is 47.3. The number of aliphatic hydroxyl groups excluding tert-OH is 1. The van der Waals surface area contributed by atoms with Gasteiger partial charge in [-0.25, -0.2) is 19.2 Å². The number of fused-ring (bicyclic) bond motifs is 5. The molecule has 3 aromatic carbocycles. The lowest BCUT2D eigenvalue weighted by atomic mass is 9.44. The van der Waals surface area contributed by atoms with Crippen LogP contribution in [0.4, 0.5) is 4.79 Å². The number of nitrogens with two attached hydrogens (primary N) is 1. The second-order valence-electron chi connectivity index (χ2n) is 22.4. The molecule has 3 aliphatic carbocycles. The highest BCUT2D eigenvalue weighted by Crippen LogP contribution is 2.65. The molecule has 20 heteroatoms. The Hall–Kier alpha value is -6.55. The Morgan fingerprint density at radius 3 is 2.01 bits per heavy atom. The van der Waals surface area contributed by atoms with Crippen molar-refractivity contribution in [2.24, 2.45) is 22.5 Å². The van der Waals surface area contributed by atoms with Crippen molar-refractivity contribution in [3.63, 3.8) is 0 Å². The van der Waals surface area contributed by atoms with Crippen molar-refractivity contribution in [3.05, 3.63) is 119 Å². The number of aliphatic carboxylic acids is 1. The number of carboxylic acids is 1. The number of unbranched alkanes of at least 4 members (excludes halogenated alkanes) is 1. The van der Waals surface area contributed by atoms with E-state index in [1.807, 2.05) is 13.0 Å². The first-order valence-electron chi connectivity index (χ1n) is 26.3.